The van der Waals surface area contributed by atoms with Crippen molar-refractivity contribution in [2.24, 2.45) is 0 Å². The van der Waals surface area contributed by atoms with Crippen LogP contribution in [0.25, 0.3) is 0 Å². The molecule has 11 heavy (non-hydrogen) atoms. The summed E-state index contributed by atoms with van der Waals surface area (Å²) in [5.41, 5.74) is -0.454. The first-order valence-electron chi connectivity index (χ1n) is 3.03. The highest BCUT2D eigenvalue weighted by Gasteiger charge is 2.06. The van der Waals surface area contributed by atoms with Gasteiger partial charge in [0.15, 0.2) is 5.76 Å². The van der Waals surface area contributed by atoms with Crippen molar-refractivity contribution in [3.63, 3.8) is 0 Å². The fourth-order valence-corrected chi connectivity index (χ4v) is 0.934. The molecular formula is C7H7ClO3. The largest absolute Gasteiger partial charge is 0.502 e. The summed E-state index contributed by atoms with van der Waals surface area (Å²) in [7, 11) is 0. The summed E-state index contributed by atoms with van der Waals surface area (Å²) >= 11 is 5.38. The zero-order valence-corrected chi connectivity index (χ0v) is 6.68. The molecule has 0 aliphatic heterocycles. The van der Waals surface area contributed by atoms with Gasteiger partial charge in [-0.2, -0.15) is 0 Å². The summed E-state index contributed by atoms with van der Waals surface area (Å²) < 4.78 is 4.96. The van der Waals surface area contributed by atoms with E-state index in [4.69, 9.17) is 21.1 Å². The van der Waals surface area contributed by atoms with E-state index in [2.05, 4.69) is 0 Å². The molecule has 0 unspecified atom stereocenters. The van der Waals surface area contributed by atoms with Crippen LogP contribution in [0.4, 0.5) is 0 Å². The predicted molar refractivity (Wildman–Crippen MR) is 40.9 cm³/mol. The summed E-state index contributed by atoms with van der Waals surface area (Å²) in [6, 6.07) is 1.21. The highest BCUT2D eigenvalue weighted by molar-refractivity contribution is 6.16. The molecule has 1 aromatic heterocycles. The smallest absolute Gasteiger partial charge is 0.227 e. The molecule has 0 fully saturated rings. The van der Waals surface area contributed by atoms with Gasteiger partial charge in [-0.25, -0.2) is 0 Å². The lowest BCUT2D eigenvalue weighted by Gasteiger charge is -1.98. The summed E-state index contributed by atoms with van der Waals surface area (Å²) in [6.45, 7) is 1.62. The number of hydrogen-bond donors (Lipinski definition) is 1. The van der Waals surface area contributed by atoms with Gasteiger partial charge >= 0.3 is 0 Å². The first-order valence-corrected chi connectivity index (χ1v) is 3.57. The Kier molecular flexibility index (Phi) is 2.19. The molecule has 0 aliphatic rings. The minimum Gasteiger partial charge on any atom is -0.502 e. The Balaban J connectivity index is 3.36. The fourth-order valence-electron chi connectivity index (χ4n) is 0.753. The molecule has 1 rings (SSSR count). The molecule has 0 aromatic carbocycles. The second kappa shape index (κ2) is 2.96. The summed E-state index contributed by atoms with van der Waals surface area (Å²) in [5.74, 6) is 0.175. The van der Waals surface area contributed by atoms with E-state index in [-0.39, 0.29) is 11.6 Å². The van der Waals surface area contributed by atoms with Gasteiger partial charge in [0, 0.05) is 6.07 Å². The van der Waals surface area contributed by atoms with E-state index in [9.17, 15) is 4.79 Å². The number of alkyl halides is 1. The van der Waals surface area contributed by atoms with Crippen LogP contribution in [0, 0.1) is 6.92 Å². The second-order valence-electron chi connectivity index (χ2n) is 2.13. The highest BCUT2D eigenvalue weighted by Crippen LogP contribution is 2.14. The monoisotopic (exact) mass is 174 g/mol. The maximum atomic E-state index is 10.9. The molecule has 1 heterocycles. The molecule has 0 saturated carbocycles. The van der Waals surface area contributed by atoms with Gasteiger partial charge in [-0.15, -0.1) is 11.6 Å². The van der Waals surface area contributed by atoms with Crippen LogP contribution in [0.5, 0.6) is 5.75 Å². The van der Waals surface area contributed by atoms with Gasteiger partial charge in [0.25, 0.3) is 0 Å². The lowest BCUT2D eigenvalue weighted by Crippen LogP contribution is -2.01. The fraction of sp³-hybridized carbons (Fsp3) is 0.286. The molecular weight excluding hydrogens is 168 g/mol. The average Bonchev–Trinajstić information content (AvgIpc) is 1.96. The van der Waals surface area contributed by atoms with Gasteiger partial charge in [-0.05, 0) is 6.92 Å². The van der Waals surface area contributed by atoms with Crippen molar-refractivity contribution in [2.45, 2.75) is 12.8 Å². The third-order valence-electron chi connectivity index (χ3n) is 1.24. The zero-order valence-electron chi connectivity index (χ0n) is 5.93. The molecule has 0 atom stereocenters. The number of aromatic hydroxyl groups is 1. The van der Waals surface area contributed by atoms with Crippen LogP contribution < -0.4 is 5.43 Å². The SMILES string of the molecule is Cc1cc(=O)c(O)c(CCl)o1. The molecule has 0 bridgehead atoms. The molecule has 3 nitrogen and oxygen atoms in total. The van der Waals surface area contributed by atoms with E-state index in [0.717, 1.165) is 0 Å². The summed E-state index contributed by atoms with van der Waals surface area (Å²) in [5, 5.41) is 9.03. The molecule has 60 valence electrons. The topological polar surface area (TPSA) is 50.4 Å². The van der Waals surface area contributed by atoms with Gasteiger partial charge in [0.1, 0.15) is 5.76 Å². The normalized spacial score (nSPS) is 10.0. The van der Waals surface area contributed by atoms with Crippen LogP contribution in [0.1, 0.15) is 11.5 Å². The molecule has 0 spiro atoms. The zero-order chi connectivity index (χ0) is 8.43. The Morgan fingerprint density at radius 3 is 2.91 bits per heavy atom. The van der Waals surface area contributed by atoms with Crippen molar-refractivity contribution in [3.05, 3.63) is 27.8 Å². The first-order chi connectivity index (χ1) is 5.15. The van der Waals surface area contributed by atoms with E-state index in [1.165, 1.54) is 6.07 Å². The first kappa shape index (κ1) is 8.14. The molecule has 1 aromatic rings. The van der Waals surface area contributed by atoms with Crippen molar-refractivity contribution in [1.29, 1.82) is 0 Å². The minimum absolute atomic E-state index is 0.00273. The number of rotatable bonds is 1. The van der Waals surface area contributed by atoms with E-state index >= 15 is 0 Å². The molecule has 0 aliphatic carbocycles. The van der Waals surface area contributed by atoms with Crippen molar-refractivity contribution in [2.75, 3.05) is 0 Å². The second-order valence-corrected chi connectivity index (χ2v) is 2.39. The van der Waals surface area contributed by atoms with E-state index in [0.29, 0.717) is 5.76 Å². The van der Waals surface area contributed by atoms with Gasteiger partial charge in [0.2, 0.25) is 11.2 Å². The molecule has 1 N–H and O–H groups in total. The van der Waals surface area contributed by atoms with Crippen LogP contribution in [0.2, 0.25) is 0 Å². The minimum atomic E-state index is -0.454. The average molecular weight is 175 g/mol. The lowest BCUT2D eigenvalue weighted by molar-refractivity contribution is 0.398. The number of aryl methyl sites for hydroxylation is 1. The van der Waals surface area contributed by atoms with Gasteiger partial charge in [0.05, 0.1) is 5.88 Å². The quantitative estimate of drug-likeness (QED) is 0.655. The molecule has 0 saturated heterocycles. The van der Waals surface area contributed by atoms with Crippen LogP contribution >= 0.6 is 11.6 Å². The van der Waals surface area contributed by atoms with Crippen molar-refractivity contribution in [1.82, 2.24) is 0 Å². The summed E-state index contributed by atoms with van der Waals surface area (Å²) in [4.78, 5) is 10.9. The van der Waals surface area contributed by atoms with Gasteiger partial charge in [-0.3, -0.25) is 4.79 Å². The van der Waals surface area contributed by atoms with Crippen molar-refractivity contribution in [3.8, 4) is 5.75 Å². The molecule has 0 amide bonds. The maximum absolute atomic E-state index is 10.9. The predicted octanol–water partition coefficient (Wildman–Crippen LogP) is 1.39. The highest BCUT2D eigenvalue weighted by atomic mass is 35.5. The third-order valence-corrected chi connectivity index (χ3v) is 1.48. The van der Waals surface area contributed by atoms with Crippen LogP contribution in [0.15, 0.2) is 15.3 Å². The summed E-state index contributed by atoms with van der Waals surface area (Å²) in [6.07, 6.45) is 0. The van der Waals surface area contributed by atoms with E-state index in [1.807, 2.05) is 0 Å². The van der Waals surface area contributed by atoms with E-state index < -0.39 is 11.2 Å². The van der Waals surface area contributed by atoms with Crippen molar-refractivity contribution < 1.29 is 9.52 Å². The lowest BCUT2D eigenvalue weighted by atomic mass is 10.3. The number of halogens is 1. The van der Waals surface area contributed by atoms with Crippen molar-refractivity contribution >= 4 is 11.6 Å². The standard InChI is InChI=1S/C7H7ClO3/c1-4-2-5(9)7(10)6(3-8)11-4/h2,10H,3H2,1H3. The number of hydrogen-bond acceptors (Lipinski definition) is 3. The Morgan fingerprint density at radius 1 is 1.73 bits per heavy atom. The Bertz CT molecular complexity index is 316. The van der Waals surface area contributed by atoms with Crippen LogP contribution in [-0.2, 0) is 5.88 Å². The maximum Gasteiger partial charge on any atom is 0.227 e. The van der Waals surface area contributed by atoms with E-state index in [1.54, 1.807) is 6.92 Å². The molecule has 0 radical (unpaired) electrons. The van der Waals surface area contributed by atoms with Gasteiger partial charge in [-0.1, -0.05) is 0 Å². The van der Waals surface area contributed by atoms with Crippen LogP contribution in [0.3, 0.4) is 0 Å². The van der Waals surface area contributed by atoms with Crippen LogP contribution in [-0.4, -0.2) is 5.11 Å². The van der Waals surface area contributed by atoms with Gasteiger partial charge < -0.3 is 9.52 Å². The molecule has 4 heteroatoms. The third kappa shape index (κ3) is 1.54. The Labute approximate surface area is 68.2 Å². The Hall–Kier alpha value is -0.960. The Morgan fingerprint density at radius 2 is 2.36 bits per heavy atom.